The SMILES string of the molecule is [C-]#[N+]c1ccc(S(=O)(=O)N=C=O)c(-c2ccccc2)c1. The second-order valence-electron chi connectivity index (χ2n) is 3.82. The zero-order valence-electron chi connectivity index (χ0n) is 10.1. The quantitative estimate of drug-likeness (QED) is 0.494. The fraction of sp³-hybridized carbons (Fsp3) is 0. The van der Waals surface area contributed by atoms with Crippen LogP contribution in [0.25, 0.3) is 16.0 Å². The van der Waals surface area contributed by atoms with Gasteiger partial charge in [-0.05, 0) is 17.2 Å². The van der Waals surface area contributed by atoms with Gasteiger partial charge in [-0.3, -0.25) is 0 Å². The highest BCUT2D eigenvalue weighted by atomic mass is 32.2. The largest absolute Gasteiger partial charge is 0.293 e. The average molecular weight is 284 g/mol. The summed E-state index contributed by atoms with van der Waals surface area (Å²) in [5.41, 5.74) is 1.26. The highest BCUT2D eigenvalue weighted by molar-refractivity contribution is 7.90. The van der Waals surface area contributed by atoms with Crippen LogP contribution in [0.2, 0.25) is 0 Å². The lowest BCUT2D eigenvalue weighted by Crippen LogP contribution is -1.99. The first-order chi connectivity index (χ1) is 9.58. The zero-order valence-corrected chi connectivity index (χ0v) is 11.0. The third kappa shape index (κ3) is 2.64. The molecule has 0 radical (unpaired) electrons. The second-order valence-corrected chi connectivity index (χ2v) is 5.39. The molecule has 0 amide bonds. The molecule has 0 saturated heterocycles. The Labute approximate surface area is 116 Å². The Morgan fingerprint density at radius 1 is 1.10 bits per heavy atom. The Morgan fingerprint density at radius 2 is 1.80 bits per heavy atom. The molecular formula is C14H8N2O3S. The molecule has 5 nitrogen and oxygen atoms in total. The van der Waals surface area contributed by atoms with E-state index >= 15 is 0 Å². The smallest absolute Gasteiger partial charge is 0.238 e. The molecule has 6 heteroatoms. The van der Waals surface area contributed by atoms with Gasteiger partial charge in [-0.25, -0.2) is 9.64 Å². The predicted molar refractivity (Wildman–Crippen MR) is 73.4 cm³/mol. The Morgan fingerprint density at radius 3 is 2.40 bits per heavy atom. The molecule has 0 aliphatic heterocycles. The van der Waals surface area contributed by atoms with Crippen LogP contribution < -0.4 is 0 Å². The van der Waals surface area contributed by atoms with Gasteiger partial charge in [0.25, 0.3) is 16.1 Å². The molecule has 0 aliphatic carbocycles. The lowest BCUT2D eigenvalue weighted by atomic mass is 10.1. The molecule has 0 aliphatic rings. The van der Waals surface area contributed by atoms with Crippen molar-refractivity contribution in [1.29, 1.82) is 0 Å². The molecule has 0 fully saturated rings. The van der Waals surface area contributed by atoms with Crippen molar-refractivity contribution in [3.05, 3.63) is 59.9 Å². The lowest BCUT2D eigenvalue weighted by Gasteiger charge is -2.08. The van der Waals surface area contributed by atoms with Gasteiger partial charge in [0, 0.05) is 0 Å². The van der Waals surface area contributed by atoms with E-state index in [9.17, 15) is 13.2 Å². The molecule has 2 aromatic carbocycles. The van der Waals surface area contributed by atoms with Crippen LogP contribution >= 0.6 is 0 Å². The van der Waals surface area contributed by atoms with Gasteiger partial charge >= 0.3 is 0 Å². The van der Waals surface area contributed by atoms with Gasteiger partial charge in [-0.1, -0.05) is 46.9 Å². The predicted octanol–water partition coefficient (Wildman–Crippen LogP) is 2.93. The summed E-state index contributed by atoms with van der Waals surface area (Å²) in [6.07, 6.45) is 1.04. The van der Waals surface area contributed by atoms with Crippen molar-refractivity contribution >= 4 is 21.8 Å². The number of benzene rings is 2. The van der Waals surface area contributed by atoms with E-state index in [0.717, 1.165) is 6.08 Å². The van der Waals surface area contributed by atoms with Crippen LogP contribution in [-0.4, -0.2) is 14.5 Å². The van der Waals surface area contributed by atoms with Crippen LogP contribution in [0.1, 0.15) is 0 Å². The Bertz CT molecular complexity index is 830. The van der Waals surface area contributed by atoms with E-state index in [4.69, 9.17) is 6.57 Å². The molecule has 2 rings (SSSR count). The van der Waals surface area contributed by atoms with Gasteiger partial charge in [-0.15, -0.1) is 0 Å². The Kier molecular flexibility index (Phi) is 3.76. The minimum atomic E-state index is -4.12. The lowest BCUT2D eigenvalue weighted by molar-refractivity contribution is 0.563. The number of sulfonamides is 1. The molecule has 0 unspecified atom stereocenters. The number of nitrogens with zero attached hydrogens (tertiary/aromatic N) is 2. The minimum absolute atomic E-state index is 0.126. The number of carbonyl (C=O) groups excluding carboxylic acids is 1. The Hall–Kier alpha value is -2.74. The summed E-state index contributed by atoms with van der Waals surface area (Å²) in [4.78, 5) is 13.4. The van der Waals surface area contributed by atoms with Gasteiger partial charge in [-0.2, -0.15) is 8.42 Å². The van der Waals surface area contributed by atoms with E-state index in [1.165, 1.54) is 18.2 Å². The first-order valence-corrected chi connectivity index (χ1v) is 6.93. The number of hydrogen-bond acceptors (Lipinski definition) is 3. The molecule has 0 spiro atoms. The third-order valence-electron chi connectivity index (χ3n) is 2.61. The van der Waals surface area contributed by atoms with Gasteiger partial charge in [0.05, 0.1) is 11.5 Å². The molecule has 0 N–H and O–H groups in total. The van der Waals surface area contributed by atoms with Crippen LogP contribution in [0.5, 0.6) is 0 Å². The van der Waals surface area contributed by atoms with Crippen molar-refractivity contribution in [2.75, 3.05) is 0 Å². The number of rotatable bonds is 3. The summed E-state index contributed by atoms with van der Waals surface area (Å²) in [6.45, 7) is 7.00. The molecular weight excluding hydrogens is 276 g/mol. The van der Waals surface area contributed by atoms with E-state index in [1.54, 1.807) is 30.3 Å². The molecule has 98 valence electrons. The number of isocyanates is 1. The van der Waals surface area contributed by atoms with Crippen molar-refractivity contribution in [2.24, 2.45) is 4.40 Å². The third-order valence-corrected chi connectivity index (χ3v) is 3.84. The van der Waals surface area contributed by atoms with Gasteiger partial charge in [0.1, 0.15) is 0 Å². The fourth-order valence-electron chi connectivity index (χ4n) is 1.75. The standard InChI is InChI=1S/C14H8N2O3S/c1-15-12-7-8-14(20(18,19)16-10-17)13(9-12)11-5-3-2-4-6-11/h2-9H. The van der Waals surface area contributed by atoms with E-state index < -0.39 is 10.0 Å². The van der Waals surface area contributed by atoms with Crippen molar-refractivity contribution in [3.8, 4) is 11.1 Å². The number of hydrogen-bond donors (Lipinski definition) is 0. The van der Waals surface area contributed by atoms with Gasteiger partial charge in [0.15, 0.2) is 5.69 Å². The van der Waals surface area contributed by atoms with E-state index in [2.05, 4.69) is 9.24 Å². The maximum Gasteiger partial charge on any atom is 0.293 e. The molecule has 0 heterocycles. The van der Waals surface area contributed by atoms with Gasteiger partial charge in [0.2, 0.25) is 0 Å². The summed E-state index contributed by atoms with van der Waals surface area (Å²) in [7, 11) is -4.12. The Balaban J connectivity index is 2.78. The van der Waals surface area contributed by atoms with E-state index in [1.807, 2.05) is 0 Å². The van der Waals surface area contributed by atoms with Crippen LogP contribution in [0.3, 0.4) is 0 Å². The summed E-state index contributed by atoms with van der Waals surface area (Å²) in [5, 5.41) is 0. The first kappa shape index (κ1) is 13.7. The fourth-order valence-corrected chi connectivity index (χ4v) is 2.65. The van der Waals surface area contributed by atoms with Crippen molar-refractivity contribution in [1.82, 2.24) is 0 Å². The molecule has 0 aromatic heterocycles. The molecule has 20 heavy (non-hydrogen) atoms. The summed E-state index contributed by atoms with van der Waals surface area (Å²) >= 11 is 0. The van der Waals surface area contributed by atoms with Crippen LogP contribution in [-0.2, 0) is 14.8 Å². The van der Waals surface area contributed by atoms with Crippen molar-refractivity contribution < 1.29 is 13.2 Å². The normalized spacial score (nSPS) is 10.3. The first-order valence-electron chi connectivity index (χ1n) is 5.49. The highest BCUT2D eigenvalue weighted by Crippen LogP contribution is 2.32. The van der Waals surface area contributed by atoms with Crippen molar-refractivity contribution in [3.63, 3.8) is 0 Å². The monoisotopic (exact) mass is 284 g/mol. The topological polar surface area (TPSA) is 67.9 Å². The maximum atomic E-state index is 11.9. The summed E-state index contributed by atoms with van der Waals surface area (Å²) in [5.74, 6) is 0. The molecule has 0 atom stereocenters. The van der Waals surface area contributed by atoms with Crippen LogP contribution in [0, 0.1) is 6.57 Å². The maximum absolute atomic E-state index is 11.9. The van der Waals surface area contributed by atoms with E-state index in [0.29, 0.717) is 16.8 Å². The summed E-state index contributed by atoms with van der Waals surface area (Å²) in [6, 6.07) is 12.8. The second kappa shape index (κ2) is 5.49. The van der Waals surface area contributed by atoms with Crippen LogP contribution in [0.4, 0.5) is 5.69 Å². The molecule has 2 aromatic rings. The van der Waals surface area contributed by atoms with Crippen molar-refractivity contribution in [2.45, 2.75) is 4.90 Å². The highest BCUT2D eigenvalue weighted by Gasteiger charge is 2.19. The van der Waals surface area contributed by atoms with Crippen LogP contribution in [0.15, 0.2) is 57.8 Å². The zero-order chi connectivity index (χ0) is 14.6. The minimum Gasteiger partial charge on any atom is -0.238 e. The average Bonchev–Trinajstić information content (AvgIpc) is 2.47. The van der Waals surface area contributed by atoms with Gasteiger partial charge < -0.3 is 0 Å². The van der Waals surface area contributed by atoms with E-state index in [-0.39, 0.29) is 4.90 Å². The molecule has 0 bridgehead atoms. The summed E-state index contributed by atoms with van der Waals surface area (Å²) < 4.78 is 26.7. The molecule has 0 saturated carbocycles.